The van der Waals surface area contributed by atoms with Crippen LogP contribution in [0.3, 0.4) is 0 Å². The summed E-state index contributed by atoms with van der Waals surface area (Å²) in [5.74, 6) is 0.949. The highest BCUT2D eigenvalue weighted by molar-refractivity contribution is 5.61. The predicted molar refractivity (Wildman–Crippen MR) is 80.3 cm³/mol. The lowest BCUT2D eigenvalue weighted by Gasteiger charge is -2.05. The van der Waals surface area contributed by atoms with Gasteiger partial charge in [0, 0.05) is 30.1 Å². The number of hydrogen-bond donors (Lipinski definition) is 1. The maximum Gasteiger partial charge on any atom is 0.332 e. The van der Waals surface area contributed by atoms with Crippen molar-refractivity contribution in [3.8, 4) is 17.0 Å². The SMILES string of the molecule is CC(C)n1ccn(-c2ccc(-c3cc(N)no3)cc2)c1=O. The molecule has 0 spiro atoms. The van der Waals surface area contributed by atoms with Crippen LogP contribution >= 0.6 is 0 Å². The van der Waals surface area contributed by atoms with Crippen LogP contribution in [0.5, 0.6) is 0 Å². The number of benzene rings is 1. The molecule has 2 aromatic heterocycles. The van der Waals surface area contributed by atoms with E-state index in [1.165, 1.54) is 0 Å². The highest BCUT2D eigenvalue weighted by atomic mass is 16.5. The molecule has 2 N–H and O–H groups in total. The van der Waals surface area contributed by atoms with Gasteiger partial charge >= 0.3 is 5.69 Å². The van der Waals surface area contributed by atoms with Gasteiger partial charge in [-0.25, -0.2) is 4.79 Å². The Morgan fingerprint density at radius 3 is 2.43 bits per heavy atom. The second kappa shape index (κ2) is 4.97. The zero-order valence-electron chi connectivity index (χ0n) is 11.9. The van der Waals surface area contributed by atoms with Crippen LogP contribution in [-0.2, 0) is 0 Å². The Balaban J connectivity index is 1.96. The van der Waals surface area contributed by atoms with Crippen molar-refractivity contribution in [2.24, 2.45) is 0 Å². The quantitative estimate of drug-likeness (QED) is 0.801. The van der Waals surface area contributed by atoms with E-state index < -0.39 is 0 Å². The Bertz CT molecular complexity index is 809. The van der Waals surface area contributed by atoms with Crippen LogP contribution in [0.15, 0.2) is 52.0 Å². The monoisotopic (exact) mass is 284 g/mol. The minimum absolute atomic E-state index is 0.0540. The van der Waals surface area contributed by atoms with Gasteiger partial charge in [-0.1, -0.05) is 5.16 Å². The molecule has 3 rings (SSSR count). The molecule has 0 atom stereocenters. The van der Waals surface area contributed by atoms with Gasteiger partial charge in [-0.3, -0.25) is 9.13 Å². The molecular weight excluding hydrogens is 268 g/mol. The van der Waals surface area contributed by atoms with Gasteiger partial charge in [-0.05, 0) is 38.1 Å². The number of hydrogen-bond acceptors (Lipinski definition) is 4. The highest BCUT2D eigenvalue weighted by Crippen LogP contribution is 2.22. The first-order valence-electron chi connectivity index (χ1n) is 6.69. The van der Waals surface area contributed by atoms with Crippen LogP contribution in [0.25, 0.3) is 17.0 Å². The Kier molecular flexibility index (Phi) is 3.13. The Labute approximate surface area is 121 Å². The minimum atomic E-state index is -0.0540. The number of imidazole rings is 1. The lowest BCUT2D eigenvalue weighted by atomic mass is 10.1. The van der Waals surface area contributed by atoms with Gasteiger partial charge in [0.2, 0.25) is 0 Å². The molecule has 0 aliphatic rings. The molecule has 0 bridgehead atoms. The Morgan fingerprint density at radius 1 is 1.19 bits per heavy atom. The first-order valence-corrected chi connectivity index (χ1v) is 6.69. The molecule has 0 aliphatic heterocycles. The molecule has 0 aliphatic carbocycles. The van der Waals surface area contributed by atoms with Crippen molar-refractivity contribution >= 4 is 5.82 Å². The summed E-state index contributed by atoms with van der Waals surface area (Å²) in [6.07, 6.45) is 3.56. The summed E-state index contributed by atoms with van der Waals surface area (Å²) in [5, 5.41) is 3.65. The topological polar surface area (TPSA) is 79.0 Å². The molecule has 0 amide bonds. The van der Waals surface area contributed by atoms with Crippen molar-refractivity contribution < 1.29 is 4.52 Å². The molecule has 0 fully saturated rings. The van der Waals surface area contributed by atoms with E-state index in [0.29, 0.717) is 11.6 Å². The van der Waals surface area contributed by atoms with Crippen LogP contribution < -0.4 is 11.4 Å². The maximum atomic E-state index is 12.2. The molecule has 3 aromatic rings. The van der Waals surface area contributed by atoms with Crippen LogP contribution in [0.4, 0.5) is 5.82 Å². The molecule has 1 aromatic carbocycles. The smallest absolute Gasteiger partial charge is 0.332 e. The fraction of sp³-hybridized carbons (Fsp3) is 0.200. The second-order valence-electron chi connectivity index (χ2n) is 5.11. The van der Waals surface area contributed by atoms with E-state index in [1.807, 2.05) is 38.1 Å². The molecule has 0 radical (unpaired) electrons. The van der Waals surface area contributed by atoms with Crippen LogP contribution in [0, 0.1) is 0 Å². The number of anilines is 1. The number of nitrogen functional groups attached to an aromatic ring is 1. The standard InChI is InChI=1S/C15H16N4O2/c1-10(2)18-7-8-19(15(18)20)12-5-3-11(4-6-12)13-9-14(16)17-21-13/h3-10H,1-2H3,(H2,16,17). The van der Waals surface area contributed by atoms with Gasteiger partial charge in [0.15, 0.2) is 11.6 Å². The van der Waals surface area contributed by atoms with Gasteiger partial charge in [0.1, 0.15) is 0 Å². The summed E-state index contributed by atoms with van der Waals surface area (Å²) in [7, 11) is 0. The summed E-state index contributed by atoms with van der Waals surface area (Å²) in [6, 6.07) is 9.26. The van der Waals surface area contributed by atoms with Gasteiger partial charge in [0.05, 0.1) is 5.69 Å². The maximum absolute atomic E-state index is 12.2. The van der Waals surface area contributed by atoms with Crippen LogP contribution in [0.1, 0.15) is 19.9 Å². The van der Waals surface area contributed by atoms with E-state index in [9.17, 15) is 4.79 Å². The van der Waals surface area contributed by atoms with E-state index >= 15 is 0 Å². The summed E-state index contributed by atoms with van der Waals surface area (Å²) in [4.78, 5) is 12.2. The van der Waals surface area contributed by atoms with Crippen LogP contribution in [-0.4, -0.2) is 14.3 Å². The molecule has 0 saturated heterocycles. The Hall–Kier alpha value is -2.76. The number of nitrogens with zero attached hydrogens (tertiary/aromatic N) is 3. The molecule has 108 valence electrons. The fourth-order valence-electron chi connectivity index (χ4n) is 2.19. The first kappa shape index (κ1) is 13.2. The van der Waals surface area contributed by atoms with Gasteiger partial charge in [-0.2, -0.15) is 0 Å². The number of nitrogens with two attached hydrogens (primary N) is 1. The van der Waals surface area contributed by atoms with Gasteiger partial charge in [-0.15, -0.1) is 0 Å². The summed E-state index contributed by atoms with van der Waals surface area (Å²) in [6.45, 7) is 3.95. The zero-order chi connectivity index (χ0) is 15.0. The normalized spacial score (nSPS) is 11.2. The van der Waals surface area contributed by atoms with Crippen molar-refractivity contribution in [2.45, 2.75) is 19.9 Å². The first-order chi connectivity index (χ1) is 10.1. The third-order valence-electron chi connectivity index (χ3n) is 3.32. The lowest BCUT2D eigenvalue weighted by molar-refractivity contribution is 0.436. The number of rotatable bonds is 3. The molecular formula is C15H16N4O2. The van der Waals surface area contributed by atoms with Crippen molar-refractivity contribution in [1.29, 1.82) is 0 Å². The zero-order valence-corrected chi connectivity index (χ0v) is 11.9. The highest BCUT2D eigenvalue weighted by Gasteiger charge is 2.09. The van der Waals surface area contributed by atoms with Crippen molar-refractivity contribution in [3.05, 3.63) is 53.2 Å². The fourth-order valence-corrected chi connectivity index (χ4v) is 2.19. The second-order valence-corrected chi connectivity index (χ2v) is 5.11. The predicted octanol–water partition coefficient (Wildman–Crippen LogP) is 2.46. The third kappa shape index (κ3) is 2.35. The largest absolute Gasteiger partial charge is 0.381 e. The number of aromatic nitrogens is 3. The Morgan fingerprint density at radius 2 is 1.90 bits per heavy atom. The summed E-state index contributed by atoms with van der Waals surface area (Å²) >= 11 is 0. The van der Waals surface area contributed by atoms with Gasteiger partial charge < -0.3 is 10.3 Å². The van der Waals surface area contributed by atoms with Gasteiger partial charge in [0.25, 0.3) is 0 Å². The minimum Gasteiger partial charge on any atom is -0.381 e. The van der Waals surface area contributed by atoms with E-state index in [4.69, 9.17) is 10.3 Å². The molecule has 21 heavy (non-hydrogen) atoms. The van der Waals surface area contributed by atoms with E-state index in [1.54, 1.807) is 27.6 Å². The van der Waals surface area contributed by atoms with Crippen molar-refractivity contribution in [2.75, 3.05) is 5.73 Å². The molecule has 6 nitrogen and oxygen atoms in total. The summed E-state index contributed by atoms with van der Waals surface area (Å²) < 4.78 is 8.40. The van der Waals surface area contributed by atoms with E-state index in [0.717, 1.165) is 11.3 Å². The third-order valence-corrected chi connectivity index (χ3v) is 3.32. The average molecular weight is 284 g/mol. The van der Waals surface area contributed by atoms with E-state index in [2.05, 4.69) is 5.16 Å². The average Bonchev–Trinajstić information content (AvgIpc) is 3.05. The van der Waals surface area contributed by atoms with Crippen LogP contribution in [0.2, 0.25) is 0 Å². The summed E-state index contributed by atoms with van der Waals surface area (Å²) in [5.41, 5.74) is 7.14. The molecule has 0 saturated carbocycles. The van der Waals surface area contributed by atoms with Crippen molar-refractivity contribution in [3.63, 3.8) is 0 Å². The molecule has 2 heterocycles. The van der Waals surface area contributed by atoms with Crippen molar-refractivity contribution in [1.82, 2.24) is 14.3 Å². The molecule has 0 unspecified atom stereocenters. The molecule has 6 heteroatoms. The van der Waals surface area contributed by atoms with E-state index in [-0.39, 0.29) is 11.7 Å². The lowest BCUT2D eigenvalue weighted by Crippen LogP contribution is -2.24.